The summed E-state index contributed by atoms with van der Waals surface area (Å²) in [5.41, 5.74) is -0.831. The van der Waals surface area contributed by atoms with Crippen molar-refractivity contribution in [3.8, 4) is 16.5 Å². The molecule has 0 aliphatic carbocycles. The number of nitrogens with zero attached hydrogens (tertiary/aromatic N) is 1. The second kappa shape index (κ2) is 7.43. The minimum Gasteiger partial charge on any atom is -0.492 e. The van der Waals surface area contributed by atoms with E-state index in [2.05, 4.69) is 10.3 Å². The van der Waals surface area contributed by atoms with E-state index in [0.717, 1.165) is 12.1 Å². The van der Waals surface area contributed by atoms with E-state index in [1.807, 2.05) is 0 Å². The van der Waals surface area contributed by atoms with Crippen molar-refractivity contribution in [3.05, 3.63) is 52.7 Å². The largest absolute Gasteiger partial charge is 0.492 e. The van der Waals surface area contributed by atoms with Gasteiger partial charge in [0.2, 0.25) is 0 Å². The number of alkyl halides is 3. The van der Waals surface area contributed by atoms with Crippen LogP contribution in [0.25, 0.3) is 10.8 Å². The lowest BCUT2D eigenvalue weighted by Crippen LogP contribution is -2.15. The zero-order chi connectivity index (χ0) is 19.6. The highest BCUT2D eigenvalue weighted by Gasteiger charge is 2.31. The number of aromatic nitrogens is 1. The molecule has 0 saturated heterocycles. The van der Waals surface area contributed by atoms with Gasteiger partial charge in [-0.25, -0.2) is 4.98 Å². The summed E-state index contributed by atoms with van der Waals surface area (Å²) in [4.78, 5) is 17.5. The molecule has 2 aromatic heterocycles. The molecule has 0 radical (unpaired) electrons. The van der Waals surface area contributed by atoms with Crippen LogP contribution in [0.4, 0.5) is 18.9 Å². The van der Waals surface area contributed by atoms with Crippen molar-refractivity contribution in [1.29, 1.82) is 0 Å². The van der Waals surface area contributed by atoms with E-state index in [4.69, 9.17) is 9.15 Å². The van der Waals surface area contributed by atoms with E-state index in [1.54, 1.807) is 26.0 Å². The van der Waals surface area contributed by atoms with Crippen LogP contribution in [-0.4, -0.2) is 17.5 Å². The molecule has 3 rings (SSSR count). The van der Waals surface area contributed by atoms with Crippen molar-refractivity contribution in [1.82, 2.24) is 4.98 Å². The van der Waals surface area contributed by atoms with Gasteiger partial charge in [-0.1, -0.05) is 0 Å². The molecule has 0 aliphatic rings. The molecule has 1 amide bonds. The SMILES string of the molecule is CCOc1ccc(C(F)(F)F)cc1NC(=O)c1nc(-c2ccco2)sc1C. The topological polar surface area (TPSA) is 64.4 Å². The molecule has 0 aliphatic heterocycles. The molecule has 142 valence electrons. The average molecular weight is 396 g/mol. The molecular formula is C18H15F3N2O3S. The fraction of sp³-hybridized carbons (Fsp3) is 0.222. The van der Waals surface area contributed by atoms with Crippen LogP contribution in [0, 0.1) is 6.92 Å². The maximum Gasteiger partial charge on any atom is 0.416 e. The lowest BCUT2D eigenvalue weighted by Gasteiger charge is -2.14. The maximum absolute atomic E-state index is 13.0. The number of halogens is 3. The zero-order valence-corrected chi connectivity index (χ0v) is 15.2. The Labute approximate surface area is 156 Å². The molecule has 3 aromatic rings. The average Bonchev–Trinajstić information content (AvgIpc) is 3.25. The molecule has 9 heteroatoms. The number of benzene rings is 1. The summed E-state index contributed by atoms with van der Waals surface area (Å²) in [6.07, 6.45) is -3.05. The van der Waals surface area contributed by atoms with Crippen molar-refractivity contribution in [2.24, 2.45) is 0 Å². The van der Waals surface area contributed by atoms with Gasteiger partial charge in [0, 0.05) is 4.88 Å². The lowest BCUT2D eigenvalue weighted by atomic mass is 10.1. The van der Waals surface area contributed by atoms with Gasteiger partial charge in [0.05, 0.1) is 24.1 Å². The van der Waals surface area contributed by atoms with Crippen LogP contribution in [0.3, 0.4) is 0 Å². The highest BCUT2D eigenvalue weighted by atomic mass is 32.1. The van der Waals surface area contributed by atoms with Crippen molar-refractivity contribution in [2.45, 2.75) is 20.0 Å². The van der Waals surface area contributed by atoms with E-state index in [9.17, 15) is 18.0 Å². The molecule has 0 saturated carbocycles. The van der Waals surface area contributed by atoms with Crippen LogP contribution in [0.15, 0.2) is 41.0 Å². The normalized spacial score (nSPS) is 11.4. The number of carbonyl (C=O) groups is 1. The minimum atomic E-state index is -4.53. The first kappa shape index (κ1) is 19.0. The molecule has 0 atom stereocenters. The Morgan fingerprint density at radius 3 is 2.74 bits per heavy atom. The number of thiazole rings is 1. The quantitative estimate of drug-likeness (QED) is 0.629. The number of hydrogen-bond acceptors (Lipinski definition) is 5. The number of aryl methyl sites for hydroxylation is 1. The Bertz CT molecular complexity index is 949. The van der Waals surface area contributed by atoms with Crippen LogP contribution >= 0.6 is 11.3 Å². The molecular weight excluding hydrogens is 381 g/mol. The molecule has 1 aromatic carbocycles. The summed E-state index contributed by atoms with van der Waals surface area (Å²) in [5, 5.41) is 2.98. The van der Waals surface area contributed by atoms with Gasteiger partial charge in [-0.05, 0) is 44.2 Å². The second-order valence-electron chi connectivity index (χ2n) is 5.50. The summed E-state index contributed by atoms with van der Waals surface area (Å²) in [7, 11) is 0. The van der Waals surface area contributed by atoms with E-state index in [1.165, 1.54) is 23.7 Å². The maximum atomic E-state index is 13.0. The second-order valence-corrected chi connectivity index (χ2v) is 6.70. The van der Waals surface area contributed by atoms with E-state index in [0.29, 0.717) is 15.6 Å². The monoisotopic (exact) mass is 396 g/mol. The van der Waals surface area contributed by atoms with Crippen LogP contribution in [0.2, 0.25) is 0 Å². The zero-order valence-electron chi connectivity index (χ0n) is 14.4. The Morgan fingerprint density at radius 2 is 2.11 bits per heavy atom. The summed E-state index contributed by atoms with van der Waals surface area (Å²) in [6, 6.07) is 6.34. The number of hydrogen-bond donors (Lipinski definition) is 1. The Morgan fingerprint density at radius 1 is 1.33 bits per heavy atom. The molecule has 0 spiro atoms. The van der Waals surface area contributed by atoms with Crippen LogP contribution in [0.5, 0.6) is 5.75 Å². The van der Waals surface area contributed by atoms with Gasteiger partial charge in [0.15, 0.2) is 10.8 Å². The van der Waals surface area contributed by atoms with Crippen molar-refractivity contribution >= 4 is 22.9 Å². The van der Waals surface area contributed by atoms with Crippen molar-refractivity contribution in [2.75, 3.05) is 11.9 Å². The number of furan rings is 1. The first-order chi connectivity index (χ1) is 12.8. The molecule has 5 nitrogen and oxygen atoms in total. The van der Waals surface area contributed by atoms with Crippen molar-refractivity contribution < 1.29 is 27.1 Å². The number of nitrogens with one attached hydrogen (secondary N) is 1. The smallest absolute Gasteiger partial charge is 0.416 e. The van der Waals surface area contributed by atoms with Gasteiger partial charge in [-0.3, -0.25) is 4.79 Å². The Balaban J connectivity index is 1.91. The predicted octanol–water partition coefficient (Wildman–Crippen LogP) is 5.38. The molecule has 1 N–H and O–H groups in total. The van der Waals surface area contributed by atoms with Gasteiger partial charge in [-0.15, -0.1) is 11.3 Å². The fourth-order valence-electron chi connectivity index (χ4n) is 2.38. The van der Waals surface area contributed by atoms with E-state index >= 15 is 0 Å². The Kier molecular flexibility index (Phi) is 5.22. The standard InChI is InChI=1S/C18H15F3N2O3S/c1-3-25-13-7-6-11(18(19,20)21)9-12(13)22-16(24)15-10(2)27-17(23-15)14-5-4-8-26-14/h4-9H,3H2,1-2H3,(H,22,24). The first-order valence-electron chi connectivity index (χ1n) is 7.96. The van der Waals surface area contributed by atoms with Gasteiger partial charge in [0.1, 0.15) is 11.4 Å². The predicted molar refractivity (Wildman–Crippen MR) is 95.1 cm³/mol. The lowest BCUT2D eigenvalue weighted by molar-refractivity contribution is -0.137. The van der Waals surface area contributed by atoms with Crippen LogP contribution < -0.4 is 10.1 Å². The number of carbonyl (C=O) groups excluding carboxylic acids is 1. The van der Waals surface area contributed by atoms with Gasteiger partial charge < -0.3 is 14.5 Å². The van der Waals surface area contributed by atoms with E-state index < -0.39 is 17.6 Å². The third-order valence-electron chi connectivity index (χ3n) is 3.60. The molecule has 2 heterocycles. The number of rotatable bonds is 5. The number of ether oxygens (including phenoxy) is 1. The van der Waals surface area contributed by atoms with E-state index in [-0.39, 0.29) is 23.7 Å². The minimum absolute atomic E-state index is 0.0661. The highest BCUT2D eigenvalue weighted by Crippen LogP contribution is 2.36. The first-order valence-corrected chi connectivity index (χ1v) is 8.78. The molecule has 27 heavy (non-hydrogen) atoms. The Hall–Kier alpha value is -2.81. The van der Waals surface area contributed by atoms with Crippen LogP contribution in [-0.2, 0) is 6.18 Å². The highest BCUT2D eigenvalue weighted by molar-refractivity contribution is 7.15. The molecule has 0 unspecified atom stereocenters. The van der Waals surface area contributed by atoms with Gasteiger partial charge >= 0.3 is 6.18 Å². The summed E-state index contributed by atoms with van der Waals surface area (Å²) in [5.74, 6) is 0.0380. The van der Waals surface area contributed by atoms with Gasteiger partial charge in [0.25, 0.3) is 5.91 Å². The fourth-order valence-corrected chi connectivity index (χ4v) is 3.26. The molecule has 0 fully saturated rings. The van der Waals surface area contributed by atoms with Gasteiger partial charge in [-0.2, -0.15) is 13.2 Å². The summed E-state index contributed by atoms with van der Waals surface area (Å²) >= 11 is 1.26. The van der Waals surface area contributed by atoms with Crippen molar-refractivity contribution in [3.63, 3.8) is 0 Å². The summed E-state index contributed by atoms with van der Waals surface area (Å²) < 4.78 is 49.6. The van der Waals surface area contributed by atoms with Crippen LogP contribution in [0.1, 0.15) is 27.9 Å². The summed E-state index contributed by atoms with van der Waals surface area (Å²) in [6.45, 7) is 3.64. The third-order valence-corrected chi connectivity index (χ3v) is 4.58. The number of amides is 1. The molecule has 0 bridgehead atoms. The third kappa shape index (κ3) is 4.13. The number of anilines is 1.